The molecular weight excluding hydrogens is 256 g/mol. The minimum absolute atomic E-state index is 0.0164. The van der Waals surface area contributed by atoms with E-state index >= 15 is 0 Å². The highest BCUT2D eigenvalue weighted by molar-refractivity contribution is 5.82. The number of likely N-dealkylation sites (tertiary alicyclic amines) is 1. The molecule has 2 fully saturated rings. The van der Waals surface area contributed by atoms with Crippen LogP contribution in [-0.2, 0) is 9.59 Å². The van der Waals surface area contributed by atoms with Crippen LogP contribution in [0.25, 0.3) is 0 Å². The molecule has 2 aliphatic rings. The Kier molecular flexibility index (Phi) is 5.40. The van der Waals surface area contributed by atoms with E-state index < -0.39 is 5.97 Å². The molecule has 3 unspecified atom stereocenters. The van der Waals surface area contributed by atoms with Gasteiger partial charge in [0.05, 0.1) is 6.04 Å². The van der Waals surface area contributed by atoms with Gasteiger partial charge >= 0.3 is 5.97 Å². The standard InChI is InChI=1S/C15H26N2O3/c1-11(9-14(18)19)12-5-4-8-17(10-12)15(20)13-6-2-3-7-16-13/h11-13,16H,2-10H2,1H3,(H,18,19). The highest BCUT2D eigenvalue weighted by Crippen LogP contribution is 2.27. The summed E-state index contributed by atoms with van der Waals surface area (Å²) in [6, 6.07) is -0.0164. The summed E-state index contributed by atoms with van der Waals surface area (Å²) in [6.07, 6.45) is 5.45. The van der Waals surface area contributed by atoms with Crippen LogP contribution in [0.3, 0.4) is 0 Å². The lowest BCUT2D eigenvalue weighted by molar-refractivity contribution is -0.139. The van der Waals surface area contributed by atoms with Crippen molar-refractivity contribution in [3.05, 3.63) is 0 Å². The van der Waals surface area contributed by atoms with Crippen LogP contribution < -0.4 is 5.32 Å². The largest absolute Gasteiger partial charge is 0.481 e. The average Bonchev–Trinajstić information content (AvgIpc) is 2.47. The van der Waals surface area contributed by atoms with Crippen molar-refractivity contribution in [1.82, 2.24) is 10.2 Å². The van der Waals surface area contributed by atoms with Crippen LogP contribution in [0.5, 0.6) is 0 Å². The van der Waals surface area contributed by atoms with Crippen molar-refractivity contribution in [3.8, 4) is 0 Å². The van der Waals surface area contributed by atoms with Gasteiger partial charge in [-0.25, -0.2) is 0 Å². The lowest BCUT2D eigenvalue weighted by Crippen LogP contribution is -2.51. The van der Waals surface area contributed by atoms with Gasteiger partial charge in [-0.3, -0.25) is 9.59 Å². The van der Waals surface area contributed by atoms with Gasteiger partial charge in [-0.15, -0.1) is 0 Å². The Bertz CT molecular complexity index is 353. The van der Waals surface area contributed by atoms with Crippen LogP contribution in [0.15, 0.2) is 0 Å². The summed E-state index contributed by atoms with van der Waals surface area (Å²) in [5.74, 6) is -0.0540. The molecule has 0 spiro atoms. The van der Waals surface area contributed by atoms with E-state index in [1.54, 1.807) is 0 Å². The van der Waals surface area contributed by atoms with Crippen molar-refractivity contribution in [1.29, 1.82) is 0 Å². The summed E-state index contributed by atoms with van der Waals surface area (Å²) in [5.41, 5.74) is 0. The van der Waals surface area contributed by atoms with Crippen molar-refractivity contribution in [2.75, 3.05) is 19.6 Å². The molecule has 0 aromatic carbocycles. The molecule has 1 amide bonds. The molecule has 20 heavy (non-hydrogen) atoms. The number of rotatable bonds is 4. The second-order valence-electron chi connectivity index (χ2n) is 6.26. The van der Waals surface area contributed by atoms with E-state index in [4.69, 9.17) is 5.11 Å². The summed E-state index contributed by atoms with van der Waals surface area (Å²) in [4.78, 5) is 25.3. The first-order valence-electron chi connectivity index (χ1n) is 7.82. The summed E-state index contributed by atoms with van der Waals surface area (Å²) in [6.45, 7) is 4.48. The van der Waals surface area contributed by atoms with Crippen LogP contribution >= 0.6 is 0 Å². The number of carbonyl (C=O) groups excluding carboxylic acids is 1. The molecule has 5 nitrogen and oxygen atoms in total. The Morgan fingerprint density at radius 2 is 2.10 bits per heavy atom. The third-order valence-electron chi connectivity index (χ3n) is 4.68. The number of nitrogens with one attached hydrogen (secondary N) is 1. The normalized spacial score (nSPS) is 28.9. The fourth-order valence-electron chi connectivity index (χ4n) is 3.40. The van der Waals surface area contributed by atoms with Gasteiger partial charge < -0.3 is 15.3 Å². The third kappa shape index (κ3) is 3.95. The van der Waals surface area contributed by atoms with Gasteiger partial charge in [0, 0.05) is 19.5 Å². The van der Waals surface area contributed by atoms with Gasteiger partial charge in [0.15, 0.2) is 0 Å². The maximum atomic E-state index is 12.5. The summed E-state index contributed by atoms with van der Waals surface area (Å²) in [7, 11) is 0. The molecule has 0 saturated carbocycles. The Morgan fingerprint density at radius 3 is 2.75 bits per heavy atom. The zero-order chi connectivity index (χ0) is 14.5. The molecule has 114 valence electrons. The maximum Gasteiger partial charge on any atom is 0.303 e. The number of hydrogen-bond donors (Lipinski definition) is 2. The Hall–Kier alpha value is -1.10. The molecule has 2 saturated heterocycles. The Balaban J connectivity index is 1.88. The molecule has 5 heteroatoms. The minimum atomic E-state index is -0.741. The molecule has 0 aromatic rings. The second kappa shape index (κ2) is 7.07. The van der Waals surface area contributed by atoms with Crippen LogP contribution in [-0.4, -0.2) is 47.6 Å². The third-order valence-corrected chi connectivity index (χ3v) is 4.68. The zero-order valence-electron chi connectivity index (χ0n) is 12.3. The number of amides is 1. The number of piperidine rings is 2. The molecule has 3 atom stereocenters. The van der Waals surface area contributed by atoms with Gasteiger partial charge in [-0.2, -0.15) is 0 Å². The van der Waals surface area contributed by atoms with Gasteiger partial charge in [0.2, 0.25) is 5.91 Å². The lowest BCUT2D eigenvalue weighted by Gasteiger charge is -2.38. The molecule has 2 N–H and O–H groups in total. The van der Waals surface area contributed by atoms with E-state index in [2.05, 4.69) is 5.32 Å². The average molecular weight is 282 g/mol. The van der Waals surface area contributed by atoms with E-state index in [1.165, 1.54) is 0 Å². The number of aliphatic carboxylic acids is 1. The first-order chi connectivity index (χ1) is 9.58. The molecule has 0 aromatic heterocycles. The number of carbonyl (C=O) groups is 2. The summed E-state index contributed by atoms with van der Waals surface area (Å²) >= 11 is 0. The second-order valence-corrected chi connectivity index (χ2v) is 6.26. The van der Waals surface area contributed by atoms with Crippen LogP contribution in [0, 0.1) is 11.8 Å². The number of hydrogen-bond acceptors (Lipinski definition) is 3. The summed E-state index contributed by atoms with van der Waals surface area (Å²) in [5, 5.41) is 12.2. The maximum absolute atomic E-state index is 12.5. The van der Waals surface area contributed by atoms with E-state index in [9.17, 15) is 9.59 Å². The molecule has 0 bridgehead atoms. The lowest BCUT2D eigenvalue weighted by atomic mass is 9.84. The van der Waals surface area contributed by atoms with Crippen LogP contribution in [0.4, 0.5) is 0 Å². The first-order valence-corrected chi connectivity index (χ1v) is 7.82. The van der Waals surface area contributed by atoms with Crippen molar-refractivity contribution in [2.24, 2.45) is 11.8 Å². The fourth-order valence-corrected chi connectivity index (χ4v) is 3.40. The van der Waals surface area contributed by atoms with Crippen LogP contribution in [0.1, 0.15) is 45.4 Å². The van der Waals surface area contributed by atoms with Crippen molar-refractivity contribution < 1.29 is 14.7 Å². The minimum Gasteiger partial charge on any atom is -0.481 e. The molecular formula is C15H26N2O3. The van der Waals surface area contributed by atoms with E-state index in [-0.39, 0.29) is 24.3 Å². The van der Waals surface area contributed by atoms with E-state index in [0.717, 1.165) is 51.7 Å². The number of nitrogens with zero attached hydrogens (tertiary/aromatic N) is 1. The molecule has 2 heterocycles. The first kappa shape index (κ1) is 15.3. The predicted molar refractivity (Wildman–Crippen MR) is 76.4 cm³/mol. The predicted octanol–water partition coefficient (Wildman–Crippen LogP) is 1.48. The van der Waals surface area contributed by atoms with Crippen LogP contribution in [0.2, 0.25) is 0 Å². The zero-order valence-corrected chi connectivity index (χ0v) is 12.3. The quantitative estimate of drug-likeness (QED) is 0.819. The van der Waals surface area contributed by atoms with Gasteiger partial charge in [0.1, 0.15) is 0 Å². The topological polar surface area (TPSA) is 69.6 Å². The summed E-state index contributed by atoms with van der Waals surface area (Å²) < 4.78 is 0. The van der Waals surface area contributed by atoms with Crippen molar-refractivity contribution in [3.63, 3.8) is 0 Å². The highest BCUT2D eigenvalue weighted by Gasteiger charge is 2.31. The van der Waals surface area contributed by atoms with Gasteiger partial charge in [-0.1, -0.05) is 13.3 Å². The molecule has 2 rings (SSSR count). The molecule has 0 aliphatic carbocycles. The molecule has 2 aliphatic heterocycles. The highest BCUT2D eigenvalue weighted by atomic mass is 16.4. The Morgan fingerprint density at radius 1 is 1.30 bits per heavy atom. The van der Waals surface area contributed by atoms with Gasteiger partial charge in [0.25, 0.3) is 0 Å². The Labute approximate surface area is 120 Å². The smallest absolute Gasteiger partial charge is 0.303 e. The van der Waals surface area contributed by atoms with Gasteiger partial charge in [-0.05, 0) is 44.1 Å². The number of carboxylic acids is 1. The molecule has 0 radical (unpaired) electrons. The fraction of sp³-hybridized carbons (Fsp3) is 0.867. The van der Waals surface area contributed by atoms with Crippen molar-refractivity contribution >= 4 is 11.9 Å². The monoisotopic (exact) mass is 282 g/mol. The SMILES string of the molecule is CC(CC(=O)O)C1CCCN(C(=O)C2CCCCN2)C1. The van der Waals surface area contributed by atoms with Crippen molar-refractivity contribution in [2.45, 2.75) is 51.5 Å². The van der Waals surface area contributed by atoms with E-state index in [1.807, 2.05) is 11.8 Å². The van der Waals surface area contributed by atoms with E-state index in [0.29, 0.717) is 5.92 Å². The number of carboxylic acid groups (broad SMARTS) is 1.